The predicted molar refractivity (Wildman–Crippen MR) is 56.6 cm³/mol. The number of imidazole rings is 1. The van der Waals surface area contributed by atoms with E-state index < -0.39 is 0 Å². The lowest BCUT2D eigenvalue weighted by molar-refractivity contribution is 0.145. The van der Waals surface area contributed by atoms with Crippen molar-refractivity contribution >= 4 is 6.09 Å². The summed E-state index contributed by atoms with van der Waals surface area (Å²) in [5, 5.41) is 2.64. The fourth-order valence-electron chi connectivity index (χ4n) is 1.12. The van der Waals surface area contributed by atoms with Crippen LogP contribution >= 0.6 is 0 Å². The molecule has 0 radical (unpaired) electrons. The molecule has 0 aliphatic rings. The molecule has 1 heterocycles. The Hall–Kier alpha value is -1.52. The van der Waals surface area contributed by atoms with E-state index in [1.54, 1.807) is 6.33 Å². The Morgan fingerprint density at radius 2 is 2.53 bits per heavy atom. The molecule has 15 heavy (non-hydrogen) atoms. The molecule has 0 fully saturated rings. The van der Waals surface area contributed by atoms with Gasteiger partial charge in [0.2, 0.25) is 0 Å². The average Bonchev–Trinajstić information content (AvgIpc) is 2.74. The number of nitrogens with zero attached hydrogens (tertiary/aromatic N) is 1. The number of ether oxygens (including phenoxy) is 1. The van der Waals surface area contributed by atoms with Crippen LogP contribution in [0.2, 0.25) is 0 Å². The van der Waals surface area contributed by atoms with E-state index in [4.69, 9.17) is 4.74 Å². The molecule has 0 aliphatic heterocycles. The summed E-state index contributed by atoms with van der Waals surface area (Å²) in [5.41, 5.74) is 0.993. The van der Waals surface area contributed by atoms with Crippen LogP contribution in [0.5, 0.6) is 0 Å². The number of aryl methyl sites for hydroxylation is 1. The number of rotatable bonds is 6. The third-order valence-corrected chi connectivity index (χ3v) is 1.88. The summed E-state index contributed by atoms with van der Waals surface area (Å²) < 4.78 is 4.95. The maximum absolute atomic E-state index is 11.0. The van der Waals surface area contributed by atoms with Crippen molar-refractivity contribution in [3.8, 4) is 0 Å². The lowest BCUT2D eigenvalue weighted by atomic mass is 10.3. The van der Waals surface area contributed by atoms with Gasteiger partial charge in [-0.05, 0) is 19.3 Å². The van der Waals surface area contributed by atoms with Crippen molar-refractivity contribution in [1.82, 2.24) is 15.3 Å². The molecule has 0 bridgehead atoms. The van der Waals surface area contributed by atoms with Crippen LogP contribution in [0, 0.1) is 0 Å². The Morgan fingerprint density at radius 3 is 3.20 bits per heavy atom. The Bertz CT molecular complexity index is 272. The number of carbonyl (C=O) groups excluding carboxylic acids is 1. The first-order chi connectivity index (χ1) is 7.33. The largest absolute Gasteiger partial charge is 0.450 e. The second-order valence-electron chi connectivity index (χ2n) is 3.23. The highest BCUT2D eigenvalue weighted by molar-refractivity contribution is 5.66. The summed E-state index contributed by atoms with van der Waals surface area (Å²) in [6, 6.07) is 0. The van der Waals surface area contributed by atoms with Gasteiger partial charge in [-0.15, -0.1) is 0 Å². The molecule has 0 aliphatic carbocycles. The first-order valence-electron chi connectivity index (χ1n) is 5.21. The number of hydrogen-bond donors (Lipinski definition) is 2. The molecule has 0 saturated heterocycles. The van der Waals surface area contributed by atoms with Crippen LogP contribution in [0.1, 0.15) is 25.5 Å². The van der Waals surface area contributed by atoms with Gasteiger partial charge in [0.25, 0.3) is 0 Å². The summed E-state index contributed by atoms with van der Waals surface area (Å²) in [5.74, 6) is 0. The summed E-state index contributed by atoms with van der Waals surface area (Å²) >= 11 is 0. The van der Waals surface area contributed by atoms with Crippen LogP contribution in [-0.4, -0.2) is 29.2 Å². The quantitative estimate of drug-likeness (QED) is 0.700. The Morgan fingerprint density at radius 1 is 1.67 bits per heavy atom. The van der Waals surface area contributed by atoms with Crippen molar-refractivity contribution < 1.29 is 9.53 Å². The minimum absolute atomic E-state index is 0.334. The molecule has 2 N–H and O–H groups in total. The van der Waals surface area contributed by atoms with E-state index in [1.165, 1.54) is 0 Å². The van der Waals surface area contributed by atoms with Crippen molar-refractivity contribution in [2.75, 3.05) is 13.2 Å². The normalized spacial score (nSPS) is 9.93. The van der Waals surface area contributed by atoms with Gasteiger partial charge in [-0.2, -0.15) is 0 Å². The molecule has 0 aromatic carbocycles. The fourth-order valence-corrected chi connectivity index (χ4v) is 1.12. The third-order valence-electron chi connectivity index (χ3n) is 1.88. The molecule has 1 rings (SSSR count). The van der Waals surface area contributed by atoms with E-state index in [9.17, 15) is 4.79 Å². The molecule has 1 aromatic heterocycles. The first kappa shape index (κ1) is 11.6. The van der Waals surface area contributed by atoms with Gasteiger partial charge >= 0.3 is 6.09 Å². The maximum atomic E-state index is 11.0. The summed E-state index contributed by atoms with van der Waals surface area (Å²) in [6.07, 6.45) is 5.69. The van der Waals surface area contributed by atoms with Crippen LogP contribution in [-0.2, 0) is 11.2 Å². The number of aromatic amines is 1. The van der Waals surface area contributed by atoms with Crippen molar-refractivity contribution in [2.24, 2.45) is 0 Å². The number of H-pyrrole nitrogens is 1. The molecule has 1 amide bonds. The third kappa shape index (κ3) is 5.05. The lowest BCUT2D eigenvalue weighted by Crippen LogP contribution is -2.25. The van der Waals surface area contributed by atoms with Gasteiger partial charge in [0.1, 0.15) is 0 Å². The van der Waals surface area contributed by atoms with E-state index in [1.807, 2.05) is 13.1 Å². The Kier molecular flexibility index (Phi) is 5.29. The second-order valence-corrected chi connectivity index (χ2v) is 3.23. The SMILES string of the molecule is CCCNC(=O)OCCCc1c[nH]cn1. The highest BCUT2D eigenvalue weighted by Crippen LogP contribution is 1.97. The molecule has 0 spiro atoms. The van der Waals surface area contributed by atoms with Gasteiger partial charge in [-0.25, -0.2) is 9.78 Å². The van der Waals surface area contributed by atoms with E-state index in [2.05, 4.69) is 15.3 Å². The molecular formula is C10H17N3O2. The van der Waals surface area contributed by atoms with Crippen LogP contribution < -0.4 is 5.32 Å². The van der Waals surface area contributed by atoms with Gasteiger partial charge in [0, 0.05) is 12.7 Å². The number of aromatic nitrogens is 2. The zero-order valence-corrected chi connectivity index (χ0v) is 8.95. The number of nitrogens with one attached hydrogen (secondary N) is 2. The van der Waals surface area contributed by atoms with Gasteiger partial charge in [0.05, 0.1) is 18.6 Å². The van der Waals surface area contributed by atoms with Gasteiger partial charge in [-0.1, -0.05) is 6.92 Å². The van der Waals surface area contributed by atoms with E-state index in [0.29, 0.717) is 13.2 Å². The molecule has 1 aromatic rings. The van der Waals surface area contributed by atoms with Crippen LogP contribution in [0.4, 0.5) is 4.79 Å². The van der Waals surface area contributed by atoms with E-state index in [0.717, 1.165) is 25.0 Å². The average molecular weight is 211 g/mol. The molecule has 84 valence electrons. The number of hydrogen-bond acceptors (Lipinski definition) is 3. The standard InChI is InChI=1S/C10H17N3O2/c1-2-5-12-10(14)15-6-3-4-9-7-11-8-13-9/h7-8H,2-6H2,1H3,(H,11,13)(H,12,14). The minimum Gasteiger partial charge on any atom is -0.450 e. The van der Waals surface area contributed by atoms with Crippen LogP contribution in [0.3, 0.4) is 0 Å². The van der Waals surface area contributed by atoms with Gasteiger partial charge in [-0.3, -0.25) is 0 Å². The molecule has 0 unspecified atom stereocenters. The predicted octanol–water partition coefficient (Wildman–Crippen LogP) is 1.48. The van der Waals surface area contributed by atoms with Crippen LogP contribution in [0.25, 0.3) is 0 Å². The van der Waals surface area contributed by atoms with Crippen molar-refractivity contribution in [3.05, 3.63) is 18.2 Å². The fraction of sp³-hybridized carbons (Fsp3) is 0.600. The summed E-state index contributed by atoms with van der Waals surface area (Å²) in [4.78, 5) is 18.0. The van der Waals surface area contributed by atoms with E-state index >= 15 is 0 Å². The summed E-state index contributed by atoms with van der Waals surface area (Å²) in [6.45, 7) is 3.10. The topological polar surface area (TPSA) is 67.0 Å². The van der Waals surface area contributed by atoms with Crippen molar-refractivity contribution in [2.45, 2.75) is 26.2 Å². The Balaban J connectivity index is 1.99. The van der Waals surface area contributed by atoms with Crippen LogP contribution in [0.15, 0.2) is 12.5 Å². The smallest absolute Gasteiger partial charge is 0.407 e. The van der Waals surface area contributed by atoms with Gasteiger partial charge < -0.3 is 15.0 Å². The molecule has 0 saturated carbocycles. The Labute approximate surface area is 89.2 Å². The van der Waals surface area contributed by atoms with Crippen molar-refractivity contribution in [3.63, 3.8) is 0 Å². The number of alkyl carbamates (subject to hydrolysis) is 1. The number of carbonyl (C=O) groups is 1. The molecule has 5 nitrogen and oxygen atoms in total. The minimum atomic E-state index is -0.334. The molecule has 5 heteroatoms. The van der Waals surface area contributed by atoms with E-state index in [-0.39, 0.29) is 6.09 Å². The van der Waals surface area contributed by atoms with Gasteiger partial charge in [0.15, 0.2) is 0 Å². The molecule has 0 atom stereocenters. The highest BCUT2D eigenvalue weighted by Gasteiger charge is 2.00. The summed E-state index contributed by atoms with van der Waals surface area (Å²) in [7, 11) is 0. The maximum Gasteiger partial charge on any atom is 0.407 e. The second kappa shape index (κ2) is 6.86. The number of amides is 1. The zero-order chi connectivity index (χ0) is 10.9. The first-order valence-corrected chi connectivity index (χ1v) is 5.21. The molecular weight excluding hydrogens is 194 g/mol. The lowest BCUT2D eigenvalue weighted by Gasteiger charge is -2.04. The zero-order valence-electron chi connectivity index (χ0n) is 8.95. The monoisotopic (exact) mass is 211 g/mol. The van der Waals surface area contributed by atoms with Crippen molar-refractivity contribution in [1.29, 1.82) is 0 Å². The highest BCUT2D eigenvalue weighted by atomic mass is 16.5.